The number of hydrogen-bond acceptors (Lipinski definition) is 5. The van der Waals surface area contributed by atoms with Gasteiger partial charge in [-0.05, 0) is 24.8 Å². The molecule has 2 aromatic rings. The Hall–Kier alpha value is -1.76. The number of rotatable bonds is 6. The lowest BCUT2D eigenvalue weighted by Crippen LogP contribution is -2.24. The van der Waals surface area contributed by atoms with E-state index >= 15 is 0 Å². The first kappa shape index (κ1) is 15.1. The SMILES string of the molecule is NCc1ccc(-c2cn(CCOC3CCCCO3)nn2)cc1. The molecular formula is C16H22N4O2. The maximum atomic E-state index is 5.71. The van der Waals surface area contributed by atoms with E-state index in [1.165, 1.54) is 6.42 Å². The first-order valence-electron chi connectivity index (χ1n) is 7.78. The van der Waals surface area contributed by atoms with Crippen LogP contribution in [0, 0.1) is 0 Å². The third kappa shape index (κ3) is 3.91. The monoisotopic (exact) mass is 302 g/mol. The highest BCUT2D eigenvalue weighted by molar-refractivity contribution is 5.57. The fourth-order valence-corrected chi connectivity index (χ4v) is 2.47. The summed E-state index contributed by atoms with van der Waals surface area (Å²) in [4.78, 5) is 0. The molecule has 1 aromatic carbocycles. The van der Waals surface area contributed by atoms with Crippen LogP contribution in [0.1, 0.15) is 24.8 Å². The van der Waals surface area contributed by atoms with Gasteiger partial charge in [-0.15, -0.1) is 5.10 Å². The minimum Gasteiger partial charge on any atom is -0.353 e. The molecule has 2 N–H and O–H groups in total. The molecule has 0 bridgehead atoms. The molecule has 118 valence electrons. The number of nitrogens with two attached hydrogens (primary N) is 1. The minimum atomic E-state index is -0.0550. The molecule has 2 heterocycles. The summed E-state index contributed by atoms with van der Waals surface area (Å²) in [5.74, 6) is 0. The van der Waals surface area contributed by atoms with Crippen LogP contribution in [0.5, 0.6) is 0 Å². The summed E-state index contributed by atoms with van der Waals surface area (Å²) in [6.45, 7) is 2.61. The number of aromatic nitrogens is 3. The van der Waals surface area contributed by atoms with Gasteiger partial charge >= 0.3 is 0 Å². The lowest BCUT2D eigenvalue weighted by Gasteiger charge is -2.22. The number of hydrogen-bond donors (Lipinski definition) is 1. The second-order valence-electron chi connectivity index (χ2n) is 5.43. The molecule has 1 aliphatic heterocycles. The lowest BCUT2D eigenvalue weighted by atomic mass is 10.1. The van der Waals surface area contributed by atoms with Crippen molar-refractivity contribution in [2.45, 2.75) is 38.6 Å². The largest absolute Gasteiger partial charge is 0.353 e. The van der Waals surface area contributed by atoms with Crippen molar-refractivity contribution in [2.24, 2.45) is 5.73 Å². The summed E-state index contributed by atoms with van der Waals surface area (Å²) in [5.41, 5.74) is 8.61. The molecule has 1 aromatic heterocycles. The topological polar surface area (TPSA) is 75.2 Å². The molecule has 1 unspecified atom stereocenters. The van der Waals surface area contributed by atoms with Crippen LogP contribution in [-0.4, -0.2) is 34.5 Å². The molecule has 6 heteroatoms. The number of benzene rings is 1. The van der Waals surface area contributed by atoms with Gasteiger partial charge in [0.1, 0.15) is 5.69 Å². The van der Waals surface area contributed by atoms with E-state index in [4.69, 9.17) is 15.2 Å². The van der Waals surface area contributed by atoms with Crippen molar-refractivity contribution in [3.63, 3.8) is 0 Å². The molecule has 3 rings (SSSR count). The average Bonchev–Trinajstić information content (AvgIpc) is 3.05. The summed E-state index contributed by atoms with van der Waals surface area (Å²) < 4.78 is 13.0. The molecule has 1 saturated heterocycles. The first-order valence-corrected chi connectivity index (χ1v) is 7.78. The van der Waals surface area contributed by atoms with Crippen LogP contribution in [0.25, 0.3) is 11.3 Å². The number of ether oxygens (including phenoxy) is 2. The van der Waals surface area contributed by atoms with Gasteiger partial charge < -0.3 is 15.2 Å². The van der Waals surface area contributed by atoms with Crippen LogP contribution in [0.2, 0.25) is 0 Å². The van der Waals surface area contributed by atoms with Gasteiger partial charge in [-0.1, -0.05) is 29.5 Å². The molecule has 1 fully saturated rings. The molecule has 0 amide bonds. The Bertz CT molecular complexity index is 576. The van der Waals surface area contributed by atoms with Gasteiger partial charge in [0, 0.05) is 18.7 Å². The van der Waals surface area contributed by atoms with Crippen molar-refractivity contribution in [1.29, 1.82) is 0 Å². The van der Waals surface area contributed by atoms with Crippen molar-refractivity contribution >= 4 is 0 Å². The highest BCUT2D eigenvalue weighted by Crippen LogP contribution is 2.17. The smallest absolute Gasteiger partial charge is 0.157 e. The maximum absolute atomic E-state index is 5.71. The van der Waals surface area contributed by atoms with Crippen LogP contribution in [0.15, 0.2) is 30.5 Å². The zero-order valence-corrected chi connectivity index (χ0v) is 12.6. The van der Waals surface area contributed by atoms with Gasteiger partial charge in [-0.3, -0.25) is 0 Å². The quantitative estimate of drug-likeness (QED) is 0.882. The van der Waals surface area contributed by atoms with E-state index in [1.807, 2.05) is 30.5 Å². The van der Waals surface area contributed by atoms with Crippen LogP contribution in [-0.2, 0) is 22.6 Å². The predicted molar refractivity (Wildman–Crippen MR) is 82.9 cm³/mol. The van der Waals surface area contributed by atoms with E-state index in [0.29, 0.717) is 19.7 Å². The Balaban J connectivity index is 1.51. The first-order chi connectivity index (χ1) is 10.8. The van der Waals surface area contributed by atoms with E-state index in [2.05, 4.69) is 10.3 Å². The molecule has 0 aliphatic carbocycles. The summed E-state index contributed by atoms with van der Waals surface area (Å²) >= 11 is 0. The van der Waals surface area contributed by atoms with E-state index in [0.717, 1.165) is 36.3 Å². The Kier molecular flexibility index (Phi) is 5.15. The second kappa shape index (κ2) is 7.49. The van der Waals surface area contributed by atoms with E-state index in [-0.39, 0.29) is 6.29 Å². The Morgan fingerprint density at radius 3 is 2.86 bits per heavy atom. The highest BCUT2D eigenvalue weighted by Gasteiger charge is 2.13. The van der Waals surface area contributed by atoms with Gasteiger partial charge in [0.25, 0.3) is 0 Å². The van der Waals surface area contributed by atoms with E-state index in [9.17, 15) is 0 Å². The van der Waals surface area contributed by atoms with Crippen LogP contribution < -0.4 is 5.73 Å². The lowest BCUT2D eigenvalue weighted by molar-refractivity contribution is -0.163. The van der Waals surface area contributed by atoms with E-state index < -0.39 is 0 Å². The second-order valence-corrected chi connectivity index (χ2v) is 5.43. The predicted octanol–water partition coefficient (Wildman–Crippen LogP) is 1.95. The van der Waals surface area contributed by atoms with Crippen molar-refractivity contribution < 1.29 is 9.47 Å². The Morgan fingerprint density at radius 1 is 1.27 bits per heavy atom. The zero-order valence-electron chi connectivity index (χ0n) is 12.6. The molecule has 6 nitrogen and oxygen atoms in total. The molecule has 22 heavy (non-hydrogen) atoms. The van der Waals surface area contributed by atoms with Gasteiger partial charge in [0.2, 0.25) is 0 Å². The van der Waals surface area contributed by atoms with Gasteiger partial charge in [-0.25, -0.2) is 4.68 Å². The van der Waals surface area contributed by atoms with Gasteiger partial charge in [0.15, 0.2) is 6.29 Å². The average molecular weight is 302 g/mol. The molecule has 0 spiro atoms. The van der Waals surface area contributed by atoms with Crippen LogP contribution >= 0.6 is 0 Å². The minimum absolute atomic E-state index is 0.0550. The zero-order chi connectivity index (χ0) is 15.2. The molecule has 0 saturated carbocycles. The van der Waals surface area contributed by atoms with Crippen molar-refractivity contribution in [1.82, 2.24) is 15.0 Å². The summed E-state index contributed by atoms with van der Waals surface area (Å²) in [6, 6.07) is 8.06. The summed E-state index contributed by atoms with van der Waals surface area (Å²) in [7, 11) is 0. The van der Waals surface area contributed by atoms with E-state index in [1.54, 1.807) is 4.68 Å². The number of nitrogens with zero attached hydrogens (tertiary/aromatic N) is 3. The van der Waals surface area contributed by atoms with Crippen molar-refractivity contribution in [2.75, 3.05) is 13.2 Å². The highest BCUT2D eigenvalue weighted by atomic mass is 16.7. The standard InChI is InChI=1S/C16H22N4O2/c17-11-13-4-6-14(7-5-13)15-12-20(19-18-15)8-10-22-16-3-1-2-9-21-16/h4-7,12,16H,1-3,8-11,17H2. The van der Waals surface area contributed by atoms with Gasteiger partial charge in [0.05, 0.1) is 19.3 Å². The Labute approximate surface area is 130 Å². The Morgan fingerprint density at radius 2 is 2.14 bits per heavy atom. The molecule has 1 aliphatic rings. The summed E-state index contributed by atoms with van der Waals surface area (Å²) in [6.07, 6.45) is 5.17. The fourth-order valence-electron chi connectivity index (χ4n) is 2.47. The third-order valence-corrected chi connectivity index (χ3v) is 3.79. The van der Waals surface area contributed by atoms with Crippen molar-refractivity contribution in [3.8, 4) is 11.3 Å². The molecular weight excluding hydrogens is 280 g/mol. The fraction of sp³-hybridized carbons (Fsp3) is 0.500. The summed E-state index contributed by atoms with van der Waals surface area (Å²) in [5, 5.41) is 8.34. The van der Waals surface area contributed by atoms with Gasteiger partial charge in [-0.2, -0.15) is 0 Å². The van der Waals surface area contributed by atoms with Crippen molar-refractivity contribution in [3.05, 3.63) is 36.0 Å². The molecule has 1 atom stereocenters. The normalized spacial score (nSPS) is 18.5. The third-order valence-electron chi connectivity index (χ3n) is 3.79. The van der Waals surface area contributed by atoms with Crippen LogP contribution in [0.4, 0.5) is 0 Å². The van der Waals surface area contributed by atoms with Crippen LogP contribution in [0.3, 0.4) is 0 Å². The molecule has 0 radical (unpaired) electrons. The maximum Gasteiger partial charge on any atom is 0.157 e.